The number of hydrogen-bond acceptors (Lipinski definition) is 3. The minimum Gasteiger partial charge on any atom is -0.323 e. The van der Waals surface area contributed by atoms with Crippen molar-refractivity contribution in [2.45, 2.75) is 26.3 Å². The van der Waals surface area contributed by atoms with Crippen LogP contribution in [-0.4, -0.2) is 15.3 Å². The van der Waals surface area contributed by atoms with Gasteiger partial charge in [-0.3, -0.25) is 4.79 Å². The molecule has 0 bridgehead atoms. The molecule has 0 N–H and O–H groups in total. The fourth-order valence-corrected chi connectivity index (χ4v) is 3.27. The minimum absolute atomic E-state index is 0.220. The number of imidazole rings is 1. The van der Waals surface area contributed by atoms with Crippen LogP contribution in [0.4, 0.5) is 0 Å². The maximum Gasteiger partial charge on any atom is 0.157 e. The Labute approximate surface area is 121 Å². The fraction of sp³-hybridized carbons (Fsp3) is 0.250. The van der Waals surface area contributed by atoms with E-state index in [1.807, 2.05) is 28.8 Å². The van der Waals surface area contributed by atoms with Crippen LogP contribution < -0.4 is 0 Å². The maximum absolute atomic E-state index is 12.2. The van der Waals surface area contributed by atoms with Gasteiger partial charge in [-0.2, -0.15) is 0 Å². The molecule has 3 aromatic rings. The highest BCUT2D eigenvalue weighted by Crippen LogP contribution is 2.18. The van der Waals surface area contributed by atoms with Gasteiger partial charge in [0.25, 0.3) is 0 Å². The van der Waals surface area contributed by atoms with Crippen molar-refractivity contribution in [1.82, 2.24) is 9.55 Å². The van der Waals surface area contributed by atoms with Crippen molar-refractivity contribution in [1.29, 1.82) is 0 Å². The van der Waals surface area contributed by atoms with Gasteiger partial charge in [0.2, 0.25) is 0 Å². The Kier molecular flexibility index (Phi) is 3.65. The first-order chi connectivity index (χ1) is 9.76. The summed E-state index contributed by atoms with van der Waals surface area (Å²) < 4.78 is 1.92. The van der Waals surface area contributed by atoms with E-state index in [0.717, 1.165) is 22.3 Å². The van der Waals surface area contributed by atoms with Crippen LogP contribution in [0, 0.1) is 0 Å². The van der Waals surface area contributed by atoms with Gasteiger partial charge >= 0.3 is 0 Å². The highest BCUT2D eigenvalue weighted by molar-refractivity contribution is 7.12. The number of fused-ring (bicyclic) bond motifs is 1. The van der Waals surface area contributed by atoms with E-state index in [9.17, 15) is 4.79 Å². The smallest absolute Gasteiger partial charge is 0.157 e. The maximum atomic E-state index is 12.2. The molecule has 3 rings (SSSR count). The highest BCUT2D eigenvalue weighted by atomic mass is 32.1. The predicted molar refractivity (Wildman–Crippen MR) is 82.1 cm³/mol. The summed E-state index contributed by atoms with van der Waals surface area (Å²) in [6, 6.07) is 12.1. The zero-order valence-electron chi connectivity index (χ0n) is 11.4. The van der Waals surface area contributed by atoms with Crippen LogP contribution in [0.15, 0.2) is 42.7 Å². The third-order valence-electron chi connectivity index (χ3n) is 3.31. The first-order valence-electron chi connectivity index (χ1n) is 6.75. The topological polar surface area (TPSA) is 34.9 Å². The summed E-state index contributed by atoms with van der Waals surface area (Å²) in [5.41, 5.74) is 1.95. The van der Waals surface area contributed by atoms with Gasteiger partial charge in [0.05, 0.1) is 23.9 Å². The third kappa shape index (κ3) is 2.65. The normalized spacial score (nSPS) is 11.1. The van der Waals surface area contributed by atoms with E-state index in [-0.39, 0.29) is 5.78 Å². The number of rotatable bonds is 5. The van der Waals surface area contributed by atoms with E-state index < -0.39 is 0 Å². The number of nitrogens with zero attached hydrogens (tertiary/aromatic N) is 2. The molecule has 2 heterocycles. The van der Waals surface area contributed by atoms with Crippen LogP contribution in [0.5, 0.6) is 0 Å². The summed E-state index contributed by atoms with van der Waals surface area (Å²) in [6.45, 7) is 2.52. The van der Waals surface area contributed by atoms with Crippen molar-refractivity contribution in [3.63, 3.8) is 0 Å². The molecule has 20 heavy (non-hydrogen) atoms. The summed E-state index contributed by atoms with van der Waals surface area (Å²) in [5, 5.41) is 0. The van der Waals surface area contributed by atoms with Crippen molar-refractivity contribution >= 4 is 28.2 Å². The van der Waals surface area contributed by atoms with Crippen molar-refractivity contribution in [3.8, 4) is 0 Å². The lowest BCUT2D eigenvalue weighted by molar-refractivity contribution is -0.118. The highest BCUT2D eigenvalue weighted by Gasteiger charge is 2.09. The van der Waals surface area contributed by atoms with E-state index in [2.05, 4.69) is 24.0 Å². The molecular formula is C16H16N2OS. The van der Waals surface area contributed by atoms with Gasteiger partial charge in [-0.05, 0) is 30.7 Å². The standard InChI is InChI=1S/C16H16N2OS/c1-2-13-7-8-14(20-13)9-12(19)10-18-11-17-15-5-3-4-6-16(15)18/h3-8,11H,2,9-10H2,1H3. The Hall–Kier alpha value is -1.94. The Morgan fingerprint density at radius 1 is 1.20 bits per heavy atom. The number of benzene rings is 1. The molecule has 0 aliphatic heterocycles. The molecule has 0 atom stereocenters. The van der Waals surface area contributed by atoms with Gasteiger partial charge in [0, 0.05) is 16.2 Å². The number of hydrogen-bond donors (Lipinski definition) is 0. The van der Waals surface area contributed by atoms with Crippen molar-refractivity contribution in [2.75, 3.05) is 0 Å². The molecule has 0 aliphatic rings. The minimum atomic E-state index is 0.220. The molecule has 0 radical (unpaired) electrons. The summed E-state index contributed by atoms with van der Waals surface area (Å²) in [7, 11) is 0. The first kappa shape index (κ1) is 13.1. The molecule has 3 nitrogen and oxygen atoms in total. The summed E-state index contributed by atoms with van der Waals surface area (Å²) >= 11 is 1.73. The third-order valence-corrected chi connectivity index (χ3v) is 4.54. The van der Waals surface area contributed by atoms with Crippen LogP contribution in [-0.2, 0) is 24.2 Å². The van der Waals surface area contributed by atoms with Gasteiger partial charge in [-0.1, -0.05) is 19.1 Å². The Balaban J connectivity index is 1.72. The lowest BCUT2D eigenvalue weighted by Crippen LogP contribution is -2.11. The van der Waals surface area contributed by atoms with Crippen LogP contribution in [0.1, 0.15) is 16.7 Å². The van der Waals surface area contributed by atoms with Gasteiger partial charge in [0.15, 0.2) is 5.78 Å². The largest absolute Gasteiger partial charge is 0.323 e. The van der Waals surface area contributed by atoms with E-state index >= 15 is 0 Å². The summed E-state index contributed by atoms with van der Waals surface area (Å²) in [5.74, 6) is 0.220. The molecule has 0 spiro atoms. The van der Waals surface area contributed by atoms with E-state index in [1.54, 1.807) is 17.7 Å². The molecule has 4 heteroatoms. The predicted octanol–water partition coefficient (Wildman–Crippen LogP) is 3.47. The van der Waals surface area contributed by atoms with Crippen molar-refractivity contribution in [3.05, 3.63) is 52.5 Å². The number of para-hydroxylation sites is 2. The molecule has 0 amide bonds. The zero-order valence-corrected chi connectivity index (χ0v) is 12.2. The number of Topliss-reactive ketones (excluding diaryl/α,β-unsaturated/α-hetero) is 1. The van der Waals surface area contributed by atoms with Crippen LogP contribution in [0.3, 0.4) is 0 Å². The van der Waals surface area contributed by atoms with E-state index in [1.165, 1.54) is 4.88 Å². The van der Waals surface area contributed by atoms with Crippen LogP contribution >= 0.6 is 11.3 Å². The lowest BCUT2D eigenvalue weighted by Gasteiger charge is -2.02. The first-order valence-corrected chi connectivity index (χ1v) is 7.57. The Bertz CT molecular complexity index is 742. The molecule has 0 fully saturated rings. The second kappa shape index (κ2) is 5.59. The zero-order chi connectivity index (χ0) is 13.9. The van der Waals surface area contributed by atoms with Gasteiger partial charge < -0.3 is 4.57 Å². The quantitative estimate of drug-likeness (QED) is 0.719. The van der Waals surface area contributed by atoms with E-state index in [4.69, 9.17) is 0 Å². The second-order valence-corrected chi connectivity index (χ2v) is 6.05. The molecular weight excluding hydrogens is 268 g/mol. The van der Waals surface area contributed by atoms with Crippen molar-refractivity contribution < 1.29 is 4.79 Å². The number of carbonyl (C=O) groups is 1. The Morgan fingerprint density at radius 2 is 2.00 bits per heavy atom. The number of ketones is 1. The average molecular weight is 284 g/mol. The fourth-order valence-electron chi connectivity index (χ4n) is 2.28. The van der Waals surface area contributed by atoms with Gasteiger partial charge in [-0.25, -0.2) is 4.98 Å². The molecule has 2 aromatic heterocycles. The molecule has 0 saturated carbocycles. The Morgan fingerprint density at radius 3 is 2.80 bits per heavy atom. The SMILES string of the molecule is CCc1ccc(CC(=O)Cn2cnc3ccccc32)s1. The molecule has 0 saturated heterocycles. The molecule has 0 unspecified atom stereocenters. The number of aryl methyl sites for hydroxylation is 1. The number of aromatic nitrogens is 2. The summed E-state index contributed by atoms with van der Waals surface area (Å²) in [6.07, 6.45) is 3.29. The number of carbonyl (C=O) groups excluding carboxylic acids is 1. The molecule has 1 aromatic carbocycles. The monoisotopic (exact) mass is 284 g/mol. The lowest BCUT2D eigenvalue weighted by atomic mass is 10.2. The average Bonchev–Trinajstić information content (AvgIpc) is 3.06. The number of thiophene rings is 1. The van der Waals surface area contributed by atoms with E-state index in [0.29, 0.717) is 13.0 Å². The second-order valence-electron chi connectivity index (χ2n) is 4.80. The van der Waals surface area contributed by atoms with Crippen molar-refractivity contribution in [2.24, 2.45) is 0 Å². The van der Waals surface area contributed by atoms with Crippen LogP contribution in [0.25, 0.3) is 11.0 Å². The summed E-state index contributed by atoms with van der Waals surface area (Å²) in [4.78, 5) is 19.0. The van der Waals surface area contributed by atoms with Gasteiger partial charge in [-0.15, -0.1) is 11.3 Å². The van der Waals surface area contributed by atoms with Crippen LogP contribution in [0.2, 0.25) is 0 Å². The van der Waals surface area contributed by atoms with Gasteiger partial charge in [0.1, 0.15) is 0 Å². The molecule has 0 aliphatic carbocycles. The molecule has 102 valence electrons.